The predicted octanol–water partition coefficient (Wildman–Crippen LogP) is 3.02. The summed E-state index contributed by atoms with van der Waals surface area (Å²) < 4.78 is 0. The van der Waals surface area contributed by atoms with Gasteiger partial charge in [0.15, 0.2) is 0 Å². The minimum atomic E-state index is -0.996. The molecule has 1 aliphatic heterocycles. The lowest BCUT2D eigenvalue weighted by molar-refractivity contribution is -0.150. The standard InChI is InChI=1S/C23H32N2O4/c1-15(2)19(21(27)28)25-13-10-18(20(25)26)24-22(29)23(11-5-4-6-12-23)17-9-7-8-16(3)14-17/h7-9,14-15,18-19H,4-6,10-13H2,1-3H3,(H,24,29)(H,27,28). The molecule has 29 heavy (non-hydrogen) atoms. The van der Waals surface area contributed by atoms with E-state index >= 15 is 0 Å². The lowest BCUT2D eigenvalue weighted by Gasteiger charge is -2.37. The van der Waals surface area contributed by atoms with Crippen molar-refractivity contribution in [2.24, 2.45) is 5.92 Å². The van der Waals surface area contributed by atoms with Gasteiger partial charge in [-0.15, -0.1) is 0 Å². The molecule has 2 fully saturated rings. The second kappa shape index (κ2) is 8.56. The van der Waals surface area contributed by atoms with Crippen LogP contribution < -0.4 is 5.32 Å². The van der Waals surface area contributed by atoms with Crippen LogP contribution in [0.4, 0.5) is 0 Å². The van der Waals surface area contributed by atoms with Gasteiger partial charge in [-0.1, -0.05) is 62.9 Å². The first-order valence-corrected chi connectivity index (χ1v) is 10.7. The first kappa shape index (κ1) is 21.3. The molecule has 1 saturated heterocycles. The molecule has 0 bridgehead atoms. The molecule has 1 heterocycles. The van der Waals surface area contributed by atoms with Gasteiger partial charge in [0.1, 0.15) is 12.1 Å². The Labute approximate surface area is 172 Å². The van der Waals surface area contributed by atoms with Crippen molar-refractivity contribution >= 4 is 17.8 Å². The van der Waals surface area contributed by atoms with Crippen molar-refractivity contribution in [2.45, 2.75) is 76.8 Å². The summed E-state index contributed by atoms with van der Waals surface area (Å²) in [6.07, 6.45) is 5.09. The molecular formula is C23H32N2O4. The van der Waals surface area contributed by atoms with Gasteiger partial charge in [-0.2, -0.15) is 0 Å². The SMILES string of the molecule is Cc1cccc(C2(C(=O)NC3CCN(C(C(=O)O)C(C)C)C3=O)CCCCC2)c1. The fourth-order valence-corrected chi connectivity index (χ4v) is 4.93. The number of rotatable bonds is 6. The van der Waals surface area contributed by atoms with E-state index in [-0.39, 0.29) is 17.7 Å². The maximum atomic E-state index is 13.5. The highest BCUT2D eigenvalue weighted by Crippen LogP contribution is 2.40. The van der Waals surface area contributed by atoms with E-state index in [1.54, 1.807) is 13.8 Å². The van der Waals surface area contributed by atoms with Crippen LogP contribution in [0.1, 0.15) is 63.5 Å². The number of amides is 2. The summed E-state index contributed by atoms with van der Waals surface area (Å²) in [6, 6.07) is 6.59. The van der Waals surface area contributed by atoms with Gasteiger partial charge in [0.05, 0.1) is 5.41 Å². The van der Waals surface area contributed by atoms with Crippen LogP contribution in [0.5, 0.6) is 0 Å². The average Bonchev–Trinajstić information content (AvgIpc) is 3.02. The molecule has 6 heteroatoms. The Morgan fingerprint density at radius 3 is 2.48 bits per heavy atom. The van der Waals surface area contributed by atoms with Crippen LogP contribution in [0.15, 0.2) is 24.3 Å². The van der Waals surface area contributed by atoms with E-state index in [9.17, 15) is 19.5 Å². The van der Waals surface area contributed by atoms with Gasteiger partial charge in [-0.3, -0.25) is 9.59 Å². The Kier molecular flexibility index (Phi) is 6.30. The van der Waals surface area contributed by atoms with Crippen molar-refractivity contribution in [2.75, 3.05) is 6.54 Å². The smallest absolute Gasteiger partial charge is 0.326 e. The summed E-state index contributed by atoms with van der Waals surface area (Å²) in [5.74, 6) is -1.57. The van der Waals surface area contributed by atoms with E-state index in [0.29, 0.717) is 13.0 Å². The van der Waals surface area contributed by atoms with Gasteiger partial charge in [0, 0.05) is 6.54 Å². The summed E-state index contributed by atoms with van der Waals surface area (Å²) in [5, 5.41) is 12.5. The molecule has 0 aromatic heterocycles. The first-order chi connectivity index (χ1) is 13.8. The molecule has 2 unspecified atom stereocenters. The lowest BCUT2D eigenvalue weighted by atomic mass is 9.68. The van der Waals surface area contributed by atoms with Crippen LogP contribution in [0, 0.1) is 12.8 Å². The van der Waals surface area contributed by atoms with E-state index < -0.39 is 23.5 Å². The molecular weight excluding hydrogens is 368 g/mol. The van der Waals surface area contributed by atoms with Gasteiger partial charge in [0.2, 0.25) is 11.8 Å². The van der Waals surface area contributed by atoms with E-state index in [4.69, 9.17) is 0 Å². The van der Waals surface area contributed by atoms with Gasteiger partial charge in [-0.05, 0) is 37.7 Å². The quantitative estimate of drug-likeness (QED) is 0.768. The van der Waals surface area contributed by atoms with Crippen LogP contribution in [-0.2, 0) is 19.8 Å². The molecule has 2 aliphatic rings. The number of benzene rings is 1. The van der Waals surface area contributed by atoms with Crippen LogP contribution in [0.2, 0.25) is 0 Å². The summed E-state index contributed by atoms with van der Waals surface area (Å²) in [5.41, 5.74) is 1.52. The fourth-order valence-electron chi connectivity index (χ4n) is 4.93. The van der Waals surface area contributed by atoms with Crippen molar-refractivity contribution in [3.8, 4) is 0 Å². The van der Waals surface area contributed by atoms with Crippen molar-refractivity contribution in [3.63, 3.8) is 0 Å². The summed E-state index contributed by atoms with van der Waals surface area (Å²) >= 11 is 0. The van der Waals surface area contributed by atoms with E-state index in [1.807, 2.05) is 25.1 Å². The first-order valence-electron chi connectivity index (χ1n) is 10.7. The molecule has 2 atom stereocenters. The van der Waals surface area contributed by atoms with E-state index in [0.717, 1.165) is 43.2 Å². The zero-order valence-corrected chi connectivity index (χ0v) is 17.6. The van der Waals surface area contributed by atoms with Crippen LogP contribution in [0.25, 0.3) is 0 Å². The Hall–Kier alpha value is -2.37. The number of nitrogens with zero attached hydrogens (tertiary/aromatic N) is 1. The third-order valence-corrected chi connectivity index (χ3v) is 6.48. The number of carboxylic acid groups (broad SMARTS) is 1. The number of carbonyl (C=O) groups is 3. The maximum Gasteiger partial charge on any atom is 0.326 e. The largest absolute Gasteiger partial charge is 0.480 e. The van der Waals surface area contributed by atoms with Crippen LogP contribution in [0.3, 0.4) is 0 Å². The molecule has 1 saturated carbocycles. The summed E-state index contributed by atoms with van der Waals surface area (Å²) in [6.45, 7) is 5.98. The van der Waals surface area contributed by atoms with E-state index in [1.165, 1.54) is 4.90 Å². The maximum absolute atomic E-state index is 13.5. The van der Waals surface area contributed by atoms with Crippen molar-refractivity contribution < 1.29 is 19.5 Å². The number of carboxylic acids is 1. The molecule has 1 aliphatic carbocycles. The monoisotopic (exact) mass is 400 g/mol. The minimum Gasteiger partial charge on any atom is -0.480 e. The minimum absolute atomic E-state index is 0.0978. The number of carbonyl (C=O) groups excluding carboxylic acids is 2. The zero-order valence-electron chi connectivity index (χ0n) is 17.6. The number of hydrogen-bond donors (Lipinski definition) is 2. The number of aliphatic carboxylic acids is 1. The second-order valence-corrected chi connectivity index (χ2v) is 8.89. The molecule has 1 aromatic carbocycles. The number of nitrogens with one attached hydrogen (secondary N) is 1. The number of aryl methyl sites for hydroxylation is 1. The van der Waals surface area contributed by atoms with Gasteiger partial charge >= 0.3 is 5.97 Å². The molecule has 0 radical (unpaired) electrons. The van der Waals surface area contributed by atoms with E-state index in [2.05, 4.69) is 11.4 Å². The highest BCUT2D eigenvalue weighted by atomic mass is 16.4. The molecule has 1 aromatic rings. The van der Waals surface area contributed by atoms with Crippen molar-refractivity contribution in [1.29, 1.82) is 0 Å². The molecule has 158 valence electrons. The van der Waals surface area contributed by atoms with Gasteiger partial charge in [0.25, 0.3) is 0 Å². The average molecular weight is 401 g/mol. The lowest BCUT2D eigenvalue weighted by Crippen LogP contribution is -2.53. The van der Waals surface area contributed by atoms with Crippen LogP contribution in [-0.4, -0.2) is 46.4 Å². The predicted molar refractivity (Wildman–Crippen MR) is 110 cm³/mol. The highest BCUT2D eigenvalue weighted by Gasteiger charge is 2.45. The van der Waals surface area contributed by atoms with Crippen molar-refractivity contribution in [3.05, 3.63) is 35.4 Å². The number of hydrogen-bond acceptors (Lipinski definition) is 3. The third-order valence-electron chi connectivity index (χ3n) is 6.48. The third kappa shape index (κ3) is 4.16. The Morgan fingerprint density at radius 2 is 1.90 bits per heavy atom. The molecule has 3 rings (SSSR count). The zero-order chi connectivity index (χ0) is 21.2. The Bertz CT molecular complexity index is 783. The Balaban J connectivity index is 1.80. The van der Waals surface area contributed by atoms with Crippen LogP contribution >= 0.6 is 0 Å². The Morgan fingerprint density at radius 1 is 1.21 bits per heavy atom. The second-order valence-electron chi connectivity index (χ2n) is 8.89. The molecule has 2 N–H and O–H groups in total. The van der Waals surface area contributed by atoms with Crippen molar-refractivity contribution in [1.82, 2.24) is 10.2 Å². The summed E-state index contributed by atoms with van der Waals surface area (Å²) in [4.78, 5) is 39.4. The van der Waals surface area contributed by atoms with Gasteiger partial charge in [-0.25, -0.2) is 4.79 Å². The van der Waals surface area contributed by atoms with Gasteiger partial charge < -0.3 is 15.3 Å². The fraction of sp³-hybridized carbons (Fsp3) is 0.609. The topological polar surface area (TPSA) is 86.7 Å². The summed E-state index contributed by atoms with van der Waals surface area (Å²) in [7, 11) is 0. The normalized spacial score (nSPS) is 22.6. The molecule has 2 amide bonds. The molecule has 0 spiro atoms. The molecule has 6 nitrogen and oxygen atoms in total. The highest BCUT2D eigenvalue weighted by molar-refractivity contribution is 5.95. The number of likely N-dealkylation sites (tertiary alicyclic amines) is 1.